The Bertz CT molecular complexity index is 158. The number of amides is 1. The van der Waals surface area contributed by atoms with Crippen LogP contribution in [0.2, 0.25) is 0 Å². The summed E-state index contributed by atoms with van der Waals surface area (Å²) in [6.45, 7) is 3.17. The van der Waals surface area contributed by atoms with E-state index in [9.17, 15) is 4.79 Å². The minimum absolute atomic E-state index is 0.255. The Labute approximate surface area is 54.3 Å². The number of aliphatic imine (C=N–C) groups is 1. The molecule has 0 unspecified atom stereocenters. The van der Waals surface area contributed by atoms with Crippen LogP contribution >= 0.6 is 0 Å². The molecule has 3 nitrogen and oxygen atoms in total. The maximum atomic E-state index is 10.2. The molecule has 3 heteroatoms. The van der Waals surface area contributed by atoms with Gasteiger partial charge < -0.3 is 5.73 Å². The largest absolute Gasteiger partial charge is 0.384 e. The quantitative estimate of drug-likeness (QED) is 0.410. The van der Waals surface area contributed by atoms with E-state index in [4.69, 9.17) is 5.73 Å². The molecule has 50 valence electrons. The van der Waals surface area contributed by atoms with Gasteiger partial charge in [-0.3, -0.25) is 4.79 Å². The number of hydrogen-bond donors (Lipinski definition) is 1. The maximum absolute atomic E-state index is 10.2. The highest BCUT2D eigenvalue weighted by atomic mass is 16.1. The Kier molecular flexibility index (Phi) is 3.35. The summed E-state index contributed by atoms with van der Waals surface area (Å²) < 4.78 is 0. The van der Waals surface area contributed by atoms with Crippen molar-refractivity contribution in [1.82, 2.24) is 0 Å². The van der Waals surface area contributed by atoms with Crippen LogP contribution in [0.3, 0.4) is 0 Å². The highest BCUT2D eigenvalue weighted by Crippen LogP contribution is 1.75. The van der Waals surface area contributed by atoms with Crippen molar-refractivity contribution in [2.24, 2.45) is 10.7 Å². The number of amidine groups is 1. The van der Waals surface area contributed by atoms with Gasteiger partial charge in [0.25, 0.3) is 0 Å². The summed E-state index contributed by atoms with van der Waals surface area (Å²) in [5, 5.41) is 0. The first-order valence-corrected chi connectivity index (χ1v) is 2.64. The van der Waals surface area contributed by atoms with Gasteiger partial charge >= 0.3 is 0 Å². The van der Waals surface area contributed by atoms with Gasteiger partial charge in [-0.1, -0.05) is 6.08 Å². The number of nitrogens with two attached hydrogens (primary N) is 1. The summed E-state index contributed by atoms with van der Waals surface area (Å²) in [5.74, 6) is -0.0180. The van der Waals surface area contributed by atoms with Crippen LogP contribution in [0.5, 0.6) is 0 Å². The summed E-state index contributed by atoms with van der Waals surface area (Å²) in [7, 11) is 0. The van der Waals surface area contributed by atoms with Crippen molar-refractivity contribution in [3.05, 3.63) is 12.2 Å². The van der Waals surface area contributed by atoms with Gasteiger partial charge in [-0.05, 0) is 13.0 Å². The van der Waals surface area contributed by atoms with Crippen molar-refractivity contribution in [2.75, 3.05) is 0 Å². The summed E-state index contributed by atoms with van der Waals surface area (Å²) in [6.07, 6.45) is 3.29. The monoisotopic (exact) mass is 126 g/mol. The zero-order valence-corrected chi connectivity index (χ0v) is 5.59. The molecule has 0 saturated heterocycles. The Hall–Kier alpha value is -1.12. The van der Waals surface area contributed by atoms with Crippen LogP contribution < -0.4 is 5.73 Å². The van der Waals surface area contributed by atoms with Crippen LogP contribution in [0.15, 0.2) is 17.1 Å². The van der Waals surface area contributed by atoms with E-state index in [1.165, 1.54) is 6.92 Å². The van der Waals surface area contributed by atoms with Crippen molar-refractivity contribution in [2.45, 2.75) is 13.8 Å². The fraction of sp³-hybridized carbons (Fsp3) is 0.333. The second-order valence-corrected chi connectivity index (χ2v) is 1.56. The number of carbonyl (C=O) groups excluding carboxylic acids is 1. The topological polar surface area (TPSA) is 55.4 Å². The molecule has 9 heavy (non-hydrogen) atoms. The Morgan fingerprint density at radius 1 is 1.67 bits per heavy atom. The zero-order valence-electron chi connectivity index (χ0n) is 5.59. The first-order chi connectivity index (χ1) is 4.16. The lowest BCUT2D eigenvalue weighted by molar-refractivity contribution is -0.115. The minimum Gasteiger partial charge on any atom is -0.384 e. The van der Waals surface area contributed by atoms with Gasteiger partial charge in [0.05, 0.1) is 0 Å². The van der Waals surface area contributed by atoms with E-state index in [0.29, 0.717) is 0 Å². The molecule has 0 aliphatic rings. The van der Waals surface area contributed by atoms with Gasteiger partial charge in [0, 0.05) is 6.92 Å². The Balaban J connectivity index is 4.00. The lowest BCUT2D eigenvalue weighted by atomic mass is 10.5. The zero-order chi connectivity index (χ0) is 7.28. The standard InChI is InChI=1S/C6H10N2O/c1-3-4-6(7)8-5(2)9/h3-4H,1-2H3,(H2,7,8,9)/b4-3-. The highest BCUT2D eigenvalue weighted by molar-refractivity contribution is 5.99. The van der Waals surface area contributed by atoms with Gasteiger partial charge in [-0.15, -0.1) is 0 Å². The predicted octanol–water partition coefficient (Wildman–Crippen LogP) is 0.466. The van der Waals surface area contributed by atoms with Crippen molar-refractivity contribution < 1.29 is 4.79 Å². The van der Waals surface area contributed by atoms with E-state index in [1.807, 2.05) is 6.92 Å². The second kappa shape index (κ2) is 3.83. The lowest BCUT2D eigenvalue weighted by Gasteiger charge is -1.85. The SMILES string of the molecule is C/C=C\C(N)=NC(C)=O. The smallest absolute Gasteiger partial charge is 0.244 e. The van der Waals surface area contributed by atoms with E-state index in [1.54, 1.807) is 12.2 Å². The van der Waals surface area contributed by atoms with Gasteiger partial charge in [0.2, 0.25) is 5.91 Å². The average molecular weight is 126 g/mol. The van der Waals surface area contributed by atoms with Crippen molar-refractivity contribution in [3.63, 3.8) is 0 Å². The third kappa shape index (κ3) is 4.74. The van der Waals surface area contributed by atoms with E-state index >= 15 is 0 Å². The first-order valence-electron chi connectivity index (χ1n) is 2.64. The fourth-order valence-electron chi connectivity index (χ4n) is 0.390. The Morgan fingerprint density at radius 2 is 2.22 bits per heavy atom. The molecule has 0 spiro atoms. The van der Waals surface area contributed by atoms with Crippen LogP contribution in [0.1, 0.15) is 13.8 Å². The van der Waals surface area contributed by atoms with Crippen molar-refractivity contribution >= 4 is 11.7 Å². The van der Waals surface area contributed by atoms with Gasteiger partial charge in [-0.2, -0.15) is 4.99 Å². The van der Waals surface area contributed by atoms with Crippen LogP contribution in [0.25, 0.3) is 0 Å². The third-order valence-corrected chi connectivity index (χ3v) is 0.624. The maximum Gasteiger partial charge on any atom is 0.244 e. The summed E-state index contributed by atoms with van der Waals surface area (Å²) in [5.41, 5.74) is 5.23. The summed E-state index contributed by atoms with van der Waals surface area (Å²) >= 11 is 0. The first kappa shape index (κ1) is 7.88. The van der Waals surface area contributed by atoms with Crippen LogP contribution in [0.4, 0.5) is 0 Å². The molecule has 0 heterocycles. The molecule has 0 aromatic rings. The number of hydrogen-bond acceptors (Lipinski definition) is 1. The van der Waals surface area contributed by atoms with E-state index < -0.39 is 0 Å². The molecule has 0 radical (unpaired) electrons. The second-order valence-electron chi connectivity index (χ2n) is 1.56. The van der Waals surface area contributed by atoms with Gasteiger partial charge in [0.1, 0.15) is 5.84 Å². The molecule has 0 aliphatic heterocycles. The van der Waals surface area contributed by atoms with E-state index in [0.717, 1.165) is 0 Å². The summed E-state index contributed by atoms with van der Waals surface area (Å²) in [6, 6.07) is 0. The number of rotatable bonds is 1. The molecular weight excluding hydrogens is 116 g/mol. The van der Waals surface area contributed by atoms with Crippen LogP contribution in [-0.4, -0.2) is 11.7 Å². The van der Waals surface area contributed by atoms with E-state index in [2.05, 4.69) is 4.99 Å². The highest BCUT2D eigenvalue weighted by Gasteiger charge is 1.85. The number of carbonyl (C=O) groups is 1. The molecule has 0 fully saturated rings. The predicted molar refractivity (Wildman–Crippen MR) is 37.1 cm³/mol. The molecular formula is C6H10N2O. The molecule has 0 saturated carbocycles. The summed E-state index contributed by atoms with van der Waals surface area (Å²) in [4.78, 5) is 13.7. The molecule has 0 rings (SSSR count). The molecule has 0 aromatic carbocycles. The van der Waals surface area contributed by atoms with Gasteiger partial charge in [0.15, 0.2) is 0 Å². The van der Waals surface area contributed by atoms with Gasteiger partial charge in [-0.25, -0.2) is 0 Å². The normalized spacial score (nSPS) is 12.4. The van der Waals surface area contributed by atoms with Crippen molar-refractivity contribution in [3.8, 4) is 0 Å². The third-order valence-electron chi connectivity index (χ3n) is 0.624. The lowest BCUT2D eigenvalue weighted by Crippen LogP contribution is -2.09. The average Bonchev–Trinajstić information content (AvgIpc) is 1.63. The minimum atomic E-state index is -0.273. The van der Waals surface area contributed by atoms with Crippen LogP contribution in [0, 0.1) is 0 Å². The molecule has 2 N–H and O–H groups in total. The molecule has 1 amide bonds. The molecule has 0 bridgehead atoms. The van der Waals surface area contributed by atoms with Crippen LogP contribution in [-0.2, 0) is 4.79 Å². The Morgan fingerprint density at radius 3 is 2.56 bits per heavy atom. The number of nitrogens with zero attached hydrogens (tertiary/aromatic N) is 1. The fourth-order valence-corrected chi connectivity index (χ4v) is 0.390. The molecule has 0 aromatic heterocycles. The number of allylic oxidation sites excluding steroid dienone is 1. The van der Waals surface area contributed by atoms with E-state index in [-0.39, 0.29) is 11.7 Å². The van der Waals surface area contributed by atoms with Crippen molar-refractivity contribution in [1.29, 1.82) is 0 Å². The molecule has 0 atom stereocenters. The molecule has 0 aliphatic carbocycles.